The molecule has 0 radical (unpaired) electrons. The van der Waals surface area contributed by atoms with E-state index in [0.717, 1.165) is 16.1 Å². The molecule has 0 fully saturated rings. The van der Waals surface area contributed by atoms with Crippen molar-refractivity contribution in [2.24, 2.45) is 11.5 Å². The van der Waals surface area contributed by atoms with E-state index >= 15 is 0 Å². The third kappa shape index (κ3) is 7.50. The van der Waals surface area contributed by atoms with Crippen molar-refractivity contribution in [1.82, 2.24) is 13.9 Å². The maximum absolute atomic E-state index is 14.0. The quantitative estimate of drug-likeness (QED) is 0.201. The predicted molar refractivity (Wildman–Crippen MR) is 149 cm³/mol. The molecular formula is C26H24F3N5O8S2. The van der Waals surface area contributed by atoms with E-state index in [-0.39, 0.29) is 39.5 Å². The third-order valence-electron chi connectivity index (χ3n) is 5.81. The molecule has 0 bridgehead atoms. The van der Waals surface area contributed by atoms with Gasteiger partial charge in [-0.05, 0) is 37.3 Å². The van der Waals surface area contributed by atoms with Crippen LogP contribution in [0.15, 0.2) is 64.8 Å². The lowest BCUT2D eigenvalue weighted by Crippen LogP contribution is -2.23. The van der Waals surface area contributed by atoms with E-state index in [2.05, 4.69) is 9.97 Å². The predicted octanol–water partition coefficient (Wildman–Crippen LogP) is 1.95. The molecule has 2 heterocycles. The van der Waals surface area contributed by atoms with Crippen molar-refractivity contribution < 1.29 is 49.9 Å². The Labute approximate surface area is 251 Å². The van der Waals surface area contributed by atoms with E-state index in [4.69, 9.17) is 25.7 Å². The number of nitrogens with two attached hydrogens (primary N) is 2. The van der Waals surface area contributed by atoms with Crippen LogP contribution in [0.5, 0.6) is 17.2 Å². The van der Waals surface area contributed by atoms with E-state index in [1.165, 1.54) is 43.5 Å². The fourth-order valence-electron chi connectivity index (χ4n) is 3.85. The van der Waals surface area contributed by atoms with Gasteiger partial charge >= 0.3 is 11.3 Å². The summed E-state index contributed by atoms with van der Waals surface area (Å²) >= 11 is -2.20. The first-order valence-electron chi connectivity index (χ1n) is 12.4. The fourth-order valence-corrected chi connectivity index (χ4v) is 6.91. The largest absolute Gasteiger partial charge is 0.609 e. The number of pyridine rings is 1. The van der Waals surface area contributed by atoms with Gasteiger partial charge in [0.15, 0.2) is 37.1 Å². The van der Waals surface area contributed by atoms with E-state index in [1.54, 1.807) is 6.07 Å². The lowest BCUT2D eigenvalue weighted by Gasteiger charge is -2.16. The average molecular weight is 656 g/mol. The van der Waals surface area contributed by atoms with Crippen molar-refractivity contribution in [3.05, 3.63) is 66.0 Å². The zero-order valence-corrected chi connectivity index (χ0v) is 24.4. The van der Waals surface area contributed by atoms with Gasteiger partial charge in [0.1, 0.15) is 5.75 Å². The molecular weight excluding hydrogens is 631 g/mol. The number of imidazole rings is 1. The molecule has 234 valence electrons. The summed E-state index contributed by atoms with van der Waals surface area (Å²) in [5.41, 5.74) is 10.8. The van der Waals surface area contributed by atoms with Crippen LogP contribution >= 0.6 is 0 Å². The highest BCUT2D eigenvalue weighted by atomic mass is 32.2. The highest BCUT2D eigenvalue weighted by molar-refractivity contribution is 7.93. The first-order chi connectivity index (χ1) is 20.7. The fraction of sp³-hybridized carbons (Fsp3) is 0.231. The molecule has 13 nitrogen and oxygen atoms in total. The van der Waals surface area contributed by atoms with Gasteiger partial charge in [-0.3, -0.25) is 14.6 Å². The van der Waals surface area contributed by atoms with Crippen LogP contribution in [0.1, 0.15) is 11.3 Å². The highest BCUT2D eigenvalue weighted by Crippen LogP contribution is 2.34. The zero-order chi connectivity index (χ0) is 32.2. The number of amides is 2. The van der Waals surface area contributed by atoms with Gasteiger partial charge in [0.25, 0.3) is 21.8 Å². The van der Waals surface area contributed by atoms with Gasteiger partial charge in [0.2, 0.25) is 0 Å². The van der Waals surface area contributed by atoms with Gasteiger partial charge in [-0.15, -0.1) is 0 Å². The van der Waals surface area contributed by atoms with Gasteiger partial charge in [0, 0.05) is 29.0 Å². The van der Waals surface area contributed by atoms with Gasteiger partial charge in [-0.25, -0.2) is 8.42 Å². The first-order valence-corrected chi connectivity index (χ1v) is 15.1. The number of benzene rings is 2. The van der Waals surface area contributed by atoms with Crippen molar-refractivity contribution in [3.63, 3.8) is 0 Å². The van der Waals surface area contributed by atoms with Gasteiger partial charge in [0.05, 0.1) is 21.6 Å². The van der Waals surface area contributed by atoms with Crippen LogP contribution in [0.25, 0.3) is 11.0 Å². The van der Waals surface area contributed by atoms with Gasteiger partial charge < -0.3 is 30.2 Å². The summed E-state index contributed by atoms with van der Waals surface area (Å²) in [7, 11) is -4.59. The van der Waals surface area contributed by atoms with E-state index in [0.29, 0.717) is 0 Å². The topological polar surface area (TPSA) is 202 Å². The lowest BCUT2D eigenvalue weighted by molar-refractivity contribution is -0.153. The molecule has 1 unspecified atom stereocenters. The van der Waals surface area contributed by atoms with Crippen molar-refractivity contribution in [3.8, 4) is 17.2 Å². The Bertz CT molecular complexity index is 1820. The molecule has 44 heavy (non-hydrogen) atoms. The summed E-state index contributed by atoms with van der Waals surface area (Å²) in [4.78, 5) is 30.5. The second-order valence-electron chi connectivity index (χ2n) is 9.05. The molecule has 2 aromatic carbocycles. The van der Waals surface area contributed by atoms with Crippen molar-refractivity contribution in [1.29, 1.82) is 0 Å². The molecule has 0 aliphatic rings. The maximum Gasteiger partial charge on any atom is 0.422 e. The zero-order valence-electron chi connectivity index (χ0n) is 22.7. The second-order valence-corrected chi connectivity index (χ2v) is 12.2. The average Bonchev–Trinajstić information content (AvgIpc) is 3.36. The molecule has 0 aliphatic heterocycles. The van der Waals surface area contributed by atoms with Crippen LogP contribution in [0.3, 0.4) is 0 Å². The summed E-state index contributed by atoms with van der Waals surface area (Å²) in [6, 6.07) is 10.6. The molecule has 18 heteroatoms. The summed E-state index contributed by atoms with van der Waals surface area (Å²) in [5.74, 6) is -2.63. The minimum absolute atomic E-state index is 0.0662. The SMILES string of the molecule is Cc1c(OCC(F)(F)F)ccnc1C[S+]([O-])c1nc2ccccc2n1S(=O)(=O)c1ccc(OCC(N)=O)c(OCC(N)=O)c1. The number of carbonyl (C=O) groups excluding carboxylic acids is 2. The third-order valence-corrected chi connectivity index (χ3v) is 8.84. The van der Waals surface area contributed by atoms with Crippen LogP contribution in [0, 0.1) is 6.92 Å². The van der Waals surface area contributed by atoms with Crippen LogP contribution in [-0.4, -0.2) is 64.7 Å². The first kappa shape index (κ1) is 32.4. The molecule has 4 rings (SSSR count). The van der Waals surface area contributed by atoms with Gasteiger partial charge in [-0.1, -0.05) is 12.1 Å². The second kappa shape index (κ2) is 13.0. The van der Waals surface area contributed by atoms with Crippen molar-refractivity contribution in [2.45, 2.75) is 28.9 Å². The number of carbonyl (C=O) groups is 2. The molecule has 2 amide bonds. The van der Waals surface area contributed by atoms with Crippen LogP contribution in [0.2, 0.25) is 0 Å². The summed E-state index contributed by atoms with van der Waals surface area (Å²) < 4.78 is 96.0. The Kier molecular flexibility index (Phi) is 9.55. The number of halogens is 3. The number of para-hydroxylation sites is 2. The van der Waals surface area contributed by atoms with E-state index < -0.39 is 74.8 Å². The number of rotatable bonds is 13. The molecule has 0 spiro atoms. The minimum Gasteiger partial charge on any atom is -0.609 e. The number of primary amides is 2. The molecule has 0 aliphatic carbocycles. The Hall–Kier alpha value is -4.55. The molecule has 4 aromatic rings. The van der Waals surface area contributed by atoms with Crippen molar-refractivity contribution >= 4 is 44.0 Å². The van der Waals surface area contributed by atoms with Crippen LogP contribution < -0.4 is 25.7 Å². The number of ether oxygens (including phenoxy) is 3. The van der Waals surface area contributed by atoms with E-state index in [9.17, 15) is 35.7 Å². The number of hydrogen-bond acceptors (Lipinski definition) is 10. The number of hydrogen-bond donors (Lipinski definition) is 2. The summed E-state index contributed by atoms with van der Waals surface area (Å²) in [6.45, 7) is -1.35. The Morgan fingerprint density at radius 3 is 2.30 bits per heavy atom. The summed E-state index contributed by atoms with van der Waals surface area (Å²) in [6.07, 6.45) is -3.41. The highest BCUT2D eigenvalue weighted by Gasteiger charge is 2.33. The summed E-state index contributed by atoms with van der Waals surface area (Å²) in [5, 5.41) is -0.400. The molecule has 0 saturated carbocycles. The smallest absolute Gasteiger partial charge is 0.422 e. The number of fused-ring (bicyclic) bond motifs is 1. The molecule has 0 saturated heterocycles. The maximum atomic E-state index is 14.0. The van der Waals surface area contributed by atoms with Crippen molar-refractivity contribution in [2.75, 3.05) is 19.8 Å². The van der Waals surface area contributed by atoms with E-state index in [1.807, 2.05) is 0 Å². The standard InChI is InChI=1S/C26H24F3N5O8S2/c1-15-18(32-9-8-20(15)42-14-26(27,28)29)13-43(37)25-33-17-4-2-3-5-19(17)34(25)44(38,39)16-6-7-21(40-11-23(30)35)22(10-16)41-12-24(31)36/h2-10H,11-14H2,1H3,(H2,30,35)(H2,31,36). The lowest BCUT2D eigenvalue weighted by atomic mass is 10.2. The molecule has 1 atom stereocenters. The van der Waals surface area contributed by atoms with Crippen LogP contribution in [-0.2, 0) is 36.5 Å². The van der Waals surface area contributed by atoms with Crippen LogP contribution in [0.4, 0.5) is 13.2 Å². The monoisotopic (exact) mass is 655 g/mol. The minimum atomic E-state index is -4.59. The van der Waals surface area contributed by atoms with Gasteiger partial charge in [-0.2, -0.15) is 22.1 Å². The Morgan fingerprint density at radius 1 is 0.977 bits per heavy atom. The number of nitrogens with zero attached hydrogens (tertiary/aromatic N) is 3. The normalized spacial score (nSPS) is 12.6. The Balaban J connectivity index is 1.76. The number of alkyl halides is 3. The number of aromatic nitrogens is 3. The molecule has 4 N–H and O–H groups in total. The molecule has 2 aromatic heterocycles. The Morgan fingerprint density at radius 2 is 1.64 bits per heavy atom.